The molecule has 2 aromatic carbocycles. The zero-order valence-corrected chi connectivity index (χ0v) is 18.4. The van der Waals surface area contributed by atoms with Crippen LogP contribution in [0.15, 0.2) is 72.8 Å². The highest BCUT2D eigenvalue weighted by atomic mass is 32.1. The van der Waals surface area contributed by atoms with E-state index >= 15 is 0 Å². The maximum atomic E-state index is 12.9. The molecule has 33 heavy (non-hydrogen) atoms. The van der Waals surface area contributed by atoms with Crippen molar-refractivity contribution in [3.8, 4) is 28.1 Å². The van der Waals surface area contributed by atoms with Crippen molar-refractivity contribution in [2.75, 3.05) is 12.8 Å². The van der Waals surface area contributed by atoms with E-state index in [1.807, 2.05) is 60.7 Å². The maximum Gasteiger partial charge on any atom is 0.352 e. The highest BCUT2D eigenvalue weighted by Gasteiger charge is 2.45. The second-order valence-electron chi connectivity index (χ2n) is 7.53. The Morgan fingerprint density at radius 2 is 1.70 bits per heavy atom. The number of hydrogen-bond acceptors (Lipinski definition) is 7. The number of fused-ring (bicyclic) bond motifs is 1. The number of nitrogens with zero attached hydrogens (tertiary/aromatic N) is 1. The summed E-state index contributed by atoms with van der Waals surface area (Å²) in [6.45, 7) is 0. The van der Waals surface area contributed by atoms with E-state index in [9.17, 15) is 9.59 Å². The fraction of sp³-hybridized carbons (Fsp3) is 0.0800. The zero-order chi connectivity index (χ0) is 23.2. The minimum absolute atomic E-state index is 0.168. The normalized spacial score (nSPS) is 13.6. The summed E-state index contributed by atoms with van der Waals surface area (Å²) < 4.78 is 10.9. The minimum Gasteiger partial charge on any atom is -0.496 e. The molecular formula is C25H19N3O4S. The molecule has 1 amide bonds. The molecule has 1 aliphatic rings. The standard InChI is InChI=1S/C25H19N3O4S/c1-31-18-10-6-5-9-15(18)17-13-16(14-7-3-2-4-8-14)19-20(26)21(33-22(19)28-17)23(29)32-25(11-12-25)24(27)30/h2-13H,26H2,1H3,(H2,27,30). The zero-order valence-electron chi connectivity index (χ0n) is 17.6. The average Bonchev–Trinajstić information content (AvgIpc) is 3.55. The summed E-state index contributed by atoms with van der Waals surface area (Å²) in [5, 5.41) is 0.647. The second-order valence-corrected chi connectivity index (χ2v) is 8.53. The third-order valence-corrected chi connectivity index (χ3v) is 6.55. The molecule has 0 saturated carbocycles. The molecule has 0 spiro atoms. The van der Waals surface area contributed by atoms with Crippen molar-refractivity contribution in [2.24, 2.45) is 5.73 Å². The van der Waals surface area contributed by atoms with Gasteiger partial charge in [-0.05, 0) is 41.5 Å². The number of nitrogens with two attached hydrogens (primary N) is 2. The lowest BCUT2D eigenvalue weighted by molar-refractivity contribution is -0.127. The van der Waals surface area contributed by atoms with Gasteiger partial charge in [-0.3, -0.25) is 4.79 Å². The van der Waals surface area contributed by atoms with E-state index in [0.29, 0.717) is 21.7 Å². The molecular weight excluding hydrogens is 438 g/mol. The smallest absolute Gasteiger partial charge is 0.352 e. The van der Waals surface area contributed by atoms with Gasteiger partial charge in [0, 0.05) is 10.9 Å². The van der Waals surface area contributed by atoms with Gasteiger partial charge >= 0.3 is 5.97 Å². The Hall–Kier alpha value is -4.17. The van der Waals surface area contributed by atoms with Crippen LogP contribution in [0.5, 0.6) is 5.75 Å². The Labute approximate surface area is 193 Å². The lowest BCUT2D eigenvalue weighted by Crippen LogP contribution is -2.36. The number of carbonyl (C=O) groups is 2. The number of para-hydroxylation sites is 1. The van der Waals surface area contributed by atoms with Crippen LogP contribution in [0.1, 0.15) is 9.67 Å². The number of thiophene rings is 1. The van der Waals surface area contributed by atoms with Gasteiger partial charge in [0.25, 0.3) is 5.91 Å². The summed E-state index contributed by atoms with van der Waals surface area (Å²) in [6.07, 6.45) is 2.87. The van der Waals surface area contributed by atoms with Crippen LogP contribution in [0.3, 0.4) is 0 Å². The summed E-state index contributed by atoms with van der Waals surface area (Å²) >= 11 is 1.11. The summed E-state index contributed by atoms with van der Waals surface area (Å²) in [7, 11) is 1.60. The number of aromatic nitrogens is 1. The average molecular weight is 458 g/mol. The highest BCUT2D eigenvalue weighted by Crippen LogP contribution is 2.43. The van der Waals surface area contributed by atoms with Crippen molar-refractivity contribution in [2.45, 2.75) is 5.60 Å². The molecule has 0 atom stereocenters. The van der Waals surface area contributed by atoms with Crippen molar-refractivity contribution in [1.29, 1.82) is 0 Å². The molecule has 4 aromatic rings. The number of carbonyl (C=O) groups excluding carboxylic acids is 2. The Kier molecular flexibility index (Phi) is 4.87. The lowest BCUT2D eigenvalue weighted by atomic mass is 9.99. The minimum atomic E-state index is -1.47. The number of methoxy groups -OCH3 is 1. The Morgan fingerprint density at radius 3 is 2.36 bits per heavy atom. The molecule has 8 heteroatoms. The number of esters is 1. The predicted molar refractivity (Wildman–Crippen MR) is 128 cm³/mol. The van der Waals surface area contributed by atoms with Crippen molar-refractivity contribution in [3.63, 3.8) is 0 Å². The van der Waals surface area contributed by atoms with Crippen molar-refractivity contribution in [1.82, 2.24) is 4.98 Å². The first-order valence-electron chi connectivity index (χ1n) is 10.1. The van der Waals surface area contributed by atoms with Gasteiger partial charge in [0.1, 0.15) is 15.5 Å². The van der Waals surface area contributed by atoms with E-state index in [-0.39, 0.29) is 10.6 Å². The molecule has 0 aliphatic heterocycles. The summed E-state index contributed by atoms with van der Waals surface area (Å²) in [5.41, 5.74) is 13.8. The number of nitrogen functional groups attached to an aromatic ring is 1. The Morgan fingerprint density at radius 1 is 1.00 bits per heavy atom. The van der Waals surface area contributed by atoms with Crippen LogP contribution in [-0.2, 0) is 9.53 Å². The van der Waals surface area contributed by atoms with Crippen LogP contribution >= 0.6 is 11.3 Å². The van der Waals surface area contributed by atoms with E-state index in [0.717, 1.165) is 28.0 Å². The molecule has 0 radical (unpaired) electrons. The molecule has 0 bridgehead atoms. The van der Waals surface area contributed by atoms with Crippen molar-refractivity contribution < 1.29 is 19.1 Å². The van der Waals surface area contributed by atoms with E-state index in [1.165, 1.54) is 12.2 Å². The van der Waals surface area contributed by atoms with Crippen molar-refractivity contribution >= 4 is 39.1 Å². The van der Waals surface area contributed by atoms with Gasteiger partial charge in [-0.2, -0.15) is 0 Å². The molecule has 1 aliphatic carbocycles. The van der Waals surface area contributed by atoms with Crippen LogP contribution in [0.25, 0.3) is 32.6 Å². The number of anilines is 1. The predicted octanol–water partition coefficient (Wildman–Crippen LogP) is 4.17. The molecule has 164 valence electrons. The van der Waals surface area contributed by atoms with Crippen LogP contribution in [-0.4, -0.2) is 29.6 Å². The SMILES string of the molecule is COc1ccccc1-c1cc(-c2ccccc2)c2c(N)c(C(=O)OC3(C(N)=O)C=C3)sc2n1. The molecule has 2 heterocycles. The van der Waals surface area contributed by atoms with Crippen LogP contribution in [0.2, 0.25) is 0 Å². The number of amides is 1. The Balaban J connectivity index is 1.70. The topological polar surface area (TPSA) is 118 Å². The second kappa shape index (κ2) is 7.75. The molecule has 2 aromatic heterocycles. The molecule has 7 nitrogen and oxygen atoms in total. The third-order valence-electron chi connectivity index (χ3n) is 5.47. The summed E-state index contributed by atoms with van der Waals surface area (Å²) in [4.78, 5) is 30.1. The van der Waals surface area contributed by atoms with Gasteiger partial charge in [-0.15, -0.1) is 11.3 Å². The molecule has 4 N–H and O–H groups in total. The summed E-state index contributed by atoms with van der Waals surface area (Å²) in [5.74, 6) is -0.801. The van der Waals surface area contributed by atoms with Crippen molar-refractivity contribution in [3.05, 3.63) is 77.7 Å². The number of pyridine rings is 1. The third kappa shape index (κ3) is 3.50. The van der Waals surface area contributed by atoms with E-state index in [1.54, 1.807) is 7.11 Å². The quantitative estimate of drug-likeness (QED) is 0.331. The van der Waals surface area contributed by atoms with Crippen LogP contribution < -0.4 is 16.2 Å². The number of benzene rings is 2. The van der Waals surface area contributed by atoms with Crippen LogP contribution in [0.4, 0.5) is 5.69 Å². The van der Waals surface area contributed by atoms with Gasteiger partial charge in [-0.1, -0.05) is 42.5 Å². The fourth-order valence-electron chi connectivity index (χ4n) is 3.67. The van der Waals surface area contributed by atoms with Gasteiger partial charge in [-0.25, -0.2) is 9.78 Å². The first-order valence-corrected chi connectivity index (χ1v) is 10.9. The first kappa shape index (κ1) is 20.7. The summed E-state index contributed by atoms with van der Waals surface area (Å²) in [6, 6.07) is 19.2. The van der Waals surface area contributed by atoms with E-state index < -0.39 is 17.5 Å². The largest absolute Gasteiger partial charge is 0.496 e. The van der Waals surface area contributed by atoms with E-state index in [2.05, 4.69) is 0 Å². The molecule has 0 saturated heterocycles. The van der Waals surface area contributed by atoms with Gasteiger partial charge in [0.2, 0.25) is 5.60 Å². The molecule has 0 fully saturated rings. The Bertz CT molecular complexity index is 1440. The molecule has 0 unspecified atom stereocenters. The number of hydrogen-bond donors (Lipinski definition) is 2. The number of primary amides is 1. The fourth-order valence-corrected chi connectivity index (χ4v) is 4.67. The molecule has 5 rings (SSSR count). The van der Waals surface area contributed by atoms with Gasteiger partial charge in [0.05, 0.1) is 18.5 Å². The number of rotatable bonds is 6. The highest BCUT2D eigenvalue weighted by molar-refractivity contribution is 7.21. The lowest BCUT2D eigenvalue weighted by Gasteiger charge is -2.12. The first-order chi connectivity index (χ1) is 15.9. The number of ether oxygens (including phenoxy) is 2. The van der Waals surface area contributed by atoms with Crippen LogP contribution in [0, 0.1) is 0 Å². The van der Waals surface area contributed by atoms with Gasteiger partial charge < -0.3 is 20.9 Å². The van der Waals surface area contributed by atoms with E-state index in [4.69, 9.17) is 25.9 Å². The monoisotopic (exact) mass is 457 g/mol. The van der Waals surface area contributed by atoms with Gasteiger partial charge in [0.15, 0.2) is 0 Å². The maximum absolute atomic E-state index is 12.9.